The highest BCUT2D eigenvalue weighted by Crippen LogP contribution is 1.99. The Morgan fingerprint density at radius 1 is 1.58 bits per heavy atom. The van der Waals surface area contributed by atoms with Crippen LogP contribution in [0, 0.1) is 0 Å². The monoisotopic (exact) mass is 189 g/mol. The summed E-state index contributed by atoms with van der Waals surface area (Å²) in [7, 11) is 3.94. The number of hydrogen-bond donors (Lipinski definition) is 1. The van der Waals surface area contributed by atoms with Crippen LogP contribution < -0.4 is 0 Å². The number of esters is 1. The van der Waals surface area contributed by atoms with Crippen molar-refractivity contribution in [3.05, 3.63) is 11.5 Å². The molecule has 0 heterocycles. The minimum absolute atomic E-state index is 0.153. The maximum atomic E-state index is 10.8. The largest absolute Gasteiger partial charge is 0.462 e. The fourth-order valence-electron chi connectivity index (χ4n) is 0.629. The molecule has 0 aliphatic heterocycles. The third kappa shape index (κ3) is 6.24. The summed E-state index contributed by atoms with van der Waals surface area (Å²) >= 11 is 3.76. The predicted octanol–water partition coefficient (Wildman–Crippen LogP) is 0.925. The van der Waals surface area contributed by atoms with Crippen LogP contribution in [0.3, 0.4) is 0 Å². The van der Waals surface area contributed by atoms with Crippen molar-refractivity contribution in [2.45, 2.75) is 6.42 Å². The summed E-state index contributed by atoms with van der Waals surface area (Å²) in [6.07, 6.45) is 0.833. The van der Waals surface area contributed by atoms with Gasteiger partial charge in [-0.25, -0.2) is 4.79 Å². The van der Waals surface area contributed by atoms with E-state index >= 15 is 0 Å². The van der Waals surface area contributed by atoms with Crippen molar-refractivity contribution in [2.24, 2.45) is 0 Å². The van der Waals surface area contributed by atoms with Gasteiger partial charge in [0.15, 0.2) is 0 Å². The number of thiol groups is 1. The van der Waals surface area contributed by atoms with Crippen molar-refractivity contribution in [3.8, 4) is 0 Å². The third-order valence-corrected chi connectivity index (χ3v) is 1.40. The second-order valence-electron chi connectivity index (χ2n) is 2.74. The molecule has 0 radical (unpaired) electrons. The molecule has 0 aromatic heterocycles. The van der Waals surface area contributed by atoms with E-state index in [-0.39, 0.29) is 4.91 Å². The zero-order valence-corrected chi connectivity index (χ0v) is 8.43. The maximum Gasteiger partial charge on any atom is 0.343 e. The number of ether oxygens (including phenoxy) is 1. The van der Waals surface area contributed by atoms with Gasteiger partial charge in [-0.15, -0.1) is 12.6 Å². The lowest BCUT2D eigenvalue weighted by Crippen LogP contribution is -2.16. The quantitative estimate of drug-likeness (QED) is 0.302. The van der Waals surface area contributed by atoms with Gasteiger partial charge in [-0.1, -0.05) is 6.58 Å². The first-order valence-electron chi connectivity index (χ1n) is 3.73. The molecule has 0 bridgehead atoms. The molecule has 0 saturated heterocycles. The molecule has 0 unspecified atom stereocenters. The Morgan fingerprint density at radius 3 is 2.58 bits per heavy atom. The zero-order chi connectivity index (χ0) is 9.56. The zero-order valence-electron chi connectivity index (χ0n) is 7.54. The lowest BCUT2D eigenvalue weighted by atomic mass is 10.4. The third-order valence-electron chi connectivity index (χ3n) is 1.22. The van der Waals surface area contributed by atoms with Gasteiger partial charge >= 0.3 is 5.97 Å². The number of carbonyl (C=O) groups is 1. The average Bonchev–Trinajstić information content (AvgIpc) is 1.97. The second-order valence-corrected chi connectivity index (χ2v) is 3.28. The van der Waals surface area contributed by atoms with Gasteiger partial charge in [0.05, 0.1) is 11.5 Å². The van der Waals surface area contributed by atoms with Crippen LogP contribution >= 0.6 is 12.6 Å². The minimum Gasteiger partial charge on any atom is -0.462 e. The van der Waals surface area contributed by atoms with Crippen LogP contribution in [0.1, 0.15) is 6.42 Å². The molecule has 0 fully saturated rings. The number of hydrogen-bond acceptors (Lipinski definition) is 4. The molecule has 0 rings (SSSR count). The Bertz CT molecular complexity index is 168. The van der Waals surface area contributed by atoms with Gasteiger partial charge in [-0.05, 0) is 20.5 Å². The number of rotatable bonds is 5. The Balaban J connectivity index is 3.32. The Labute approximate surface area is 78.8 Å². The fraction of sp³-hybridized carbons (Fsp3) is 0.625. The molecule has 0 N–H and O–H groups in total. The molecule has 4 heteroatoms. The van der Waals surface area contributed by atoms with E-state index in [4.69, 9.17) is 4.74 Å². The van der Waals surface area contributed by atoms with Crippen LogP contribution in [-0.4, -0.2) is 38.1 Å². The van der Waals surface area contributed by atoms with E-state index in [9.17, 15) is 4.79 Å². The molecule has 0 spiro atoms. The molecule has 12 heavy (non-hydrogen) atoms. The lowest BCUT2D eigenvalue weighted by molar-refractivity contribution is -0.138. The maximum absolute atomic E-state index is 10.8. The van der Waals surface area contributed by atoms with Gasteiger partial charge in [-0.3, -0.25) is 0 Å². The smallest absolute Gasteiger partial charge is 0.343 e. The topological polar surface area (TPSA) is 29.5 Å². The summed E-state index contributed by atoms with van der Waals surface area (Å²) in [5.41, 5.74) is 0. The molecular weight excluding hydrogens is 174 g/mol. The van der Waals surface area contributed by atoms with E-state index in [0.717, 1.165) is 13.0 Å². The summed E-state index contributed by atoms with van der Waals surface area (Å²) in [5, 5.41) is 0. The molecular formula is C8H15NO2S. The first-order valence-corrected chi connectivity index (χ1v) is 4.18. The minimum atomic E-state index is -0.433. The second kappa shape index (κ2) is 6.08. The molecule has 0 aromatic rings. The molecule has 3 nitrogen and oxygen atoms in total. The summed E-state index contributed by atoms with van der Waals surface area (Å²) in [5.74, 6) is -0.433. The van der Waals surface area contributed by atoms with Gasteiger partial charge in [0.2, 0.25) is 0 Å². The highest BCUT2D eigenvalue weighted by molar-refractivity contribution is 7.85. The van der Waals surface area contributed by atoms with Crippen LogP contribution in [0.15, 0.2) is 11.5 Å². The van der Waals surface area contributed by atoms with Crippen molar-refractivity contribution in [2.75, 3.05) is 27.2 Å². The summed E-state index contributed by atoms with van der Waals surface area (Å²) in [4.78, 5) is 13.0. The molecule has 70 valence electrons. The molecule has 0 atom stereocenters. The first-order chi connectivity index (χ1) is 5.54. The van der Waals surface area contributed by atoms with E-state index in [1.165, 1.54) is 0 Å². The predicted molar refractivity (Wildman–Crippen MR) is 52.3 cm³/mol. The standard InChI is InChI=1S/C8H15NO2S/c1-7(12)8(10)11-6-4-5-9(2)3/h12H,1,4-6H2,2-3H3. The Kier molecular flexibility index (Phi) is 5.84. The van der Waals surface area contributed by atoms with Crippen LogP contribution in [0.25, 0.3) is 0 Å². The highest BCUT2D eigenvalue weighted by Gasteiger charge is 2.02. The summed E-state index contributed by atoms with van der Waals surface area (Å²) in [6, 6.07) is 0. The van der Waals surface area contributed by atoms with E-state index in [0.29, 0.717) is 6.61 Å². The fourth-order valence-corrected chi connectivity index (χ4v) is 0.693. The SMILES string of the molecule is C=C(S)C(=O)OCCCN(C)C. The van der Waals surface area contributed by atoms with Crippen molar-refractivity contribution in [1.29, 1.82) is 0 Å². The van der Waals surface area contributed by atoms with E-state index < -0.39 is 5.97 Å². The lowest BCUT2D eigenvalue weighted by Gasteiger charge is -2.08. The number of carbonyl (C=O) groups excluding carboxylic acids is 1. The van der Waals surface area contributed by atoms with Crippen LogP contribution in [-0.2, 0) is 9.53 Å². The molecule has 0 aliphatic carbocycles. The van der Waals surface area contributed by atoms with Gasteiger partial charge in [0.25, 0.3) is 0 Å². The van der Waals surface area contributed by atoms with E-state index in [1.54, 1.807) is 0 Å². The molecule has 0 aliphatic rings. The molecule has 0 aromatic carbocycles. The van der Waals surface area contributed by atoms with Crippen molar-refractivity contribution in [1.82, 2.24) is 4.90 Å². The van der Waals surface area contributed by atoms with Gasteiger partial charge in [-0.2, -0.15) is 0 Å². The van der Waals surface area contributed by atoms with E-state index in [1.807, 2.05) is 19.0 Å². The van der Waals surface area contributed by atoms with E-state index in [2.05, 4.69) is 19.2 Å². The van der Waals surface area contributed by atoms with Crippen LogP contribution in [0.4, 0.5) is 0 Å². The summed E-state index contributed by atoms with van der Waals surface area (Å²) in [6.45, 7) is 4.68. The number of nitrogens with zero attached hydrogens (tertiary/aromatic N) is 1. The summed E-state index contributed by atoms with van der Waals surface area (Å²) < 4.78 is 4.81. The Morgan fingerprint density at radius 2 is 2.17 bits per heavy atom. The van der Waals surface area contributed by atoms with Gasteiger partial charge in [0, 0.05) is 6.54 Å². The van der Waals surface area contributed by atoms with Crippen LogP contribution in [0.5, 0.6) is 0 Å². The van der Waals surface area contributed by atoms with Crippen molar-refractivity contribution in [3.63, 3.8) is 0 Å². The highest BCUT2D eigenvalue weighted by atomic mass is 32.1. The normalized spacial score (nSPS) is 10.0. The van der Waals surface area contributed by atoms with Gasteiger partial charge < -0.3 is 9.64 Å². The van der Waals surface area contributed by atoms with Gasteiger partial charge in [0.1, 0.15) is 0 Å². The molecule has 0 saturated carbocycles. The molecule has 0 amide bonds. The Hall–Kier alpha value is -0.480. The van der Waals surface area contributed by atoms with Crippen LogP contribution in [0.2, 0.25) is 0 Å². The average molecular weight is 189 g/mol. The van der Waals surface area contributed by atoms with Crippen molar-refractivity contribution < 1.29 is 9.53 Å². The van der Waals surface area contributed by atoms with Crippen molar-refractivity contribution >= 4 is 18.6 Å². The first kappa shape index (κ1) is 11.5.